The van der Waals surface area contributed by atoms with Gasteiger partial charge in [-0.3, -0.25) is 0 Å². The van der Waals surface area contributed by atoms with Crippen molar-refractivity contribution in [3.63, 3.8) is 0 Å². The number of likely N-dealkylation sites (tertiary alicyclic amines) is 1. The fraction of sp³-hybridized carbons (Fsp3) is 0.619. The van der Waals surface area contributed by atoms with Crippen LogP contribution < -0.4 is 10.6 Å². The number of amides is 1. The molecule has 4 heterocycles. The van der Waals surface area contributed by atoms with Crippen molar-refractivity contribution in [1.29, 1.82) is 0 Å². The predicted molar refractivity (Wildman–Crippen MR) is 123 cm³/mol. The predicted octanol–water partition coefficient (Wildman–Crippen LogP) is 4.15. The van der Waals surface area contributed by atoms with E-state index in [4.69, 9.17) is 4.74 Å². The second-order valence-corrected chi connectivity index (χ2v) is 9.52. The molecule has 2 fully saturated rings. The molecular weight excluding hydrogens is 471 g/mol. The number of nitrogens with one attached hydrogen (secondary N) is 2. The maximum absolute atomic E-state index is 13.5. The SMILES string of the molecule is CN1CCC(c2ncc(Nc3ncc(C(F)(F)F)c(NCCCN4CCCOC4=O)n3)s2)CC1. The summed E-state index contributed by atoms with van der Waals surface area (Å²) >= 11 is 1.48. The van der Waals surface area contributed by atoms with Crippen LogP contribution in [0.1, 0.15) is 42.2 Å². The number of cyclic esters (lactones) is 1. The van der Waals surface area contributed by atoms with Gasteiger partial charge in [-0.1, -0.05) is 0 Å². The number of halogens is 3. The lowest BCUT2D eigenvalue weighted by molar-refractivity contribution is -0.137. The third-order valence-corrected chi connectivity index (χ3v) is 6.95. The van der Waals surface area contributed by atoms with Crippen molar-refractivity contribution in [2.75, 3.05) is 57.0 Å². The van der Waals surface area contributed by atoms with Crippen LogP contribution in [0.4, 0.5) is 34.7 Å². The molecule has 2 saturated heterocycles. The minimum atomic E-state index is -4.59. The summed E-state index contributed by atoms with van der Waals surface area (Å²) in [6, 6.07) is 0. The highest BCUT2D eigenvalue weighted by Crippen LogP contribution is 2.36. The number of piperidine rings is 1. The molecule has 0 unspecified atom stereocenters. The number of alkyl halides is 3. The van der Waals surface area contributed by atoms with Gasteiger partial charge in [0.15, 0.2) is 0 Å². The molecular formula is C21H28F3N7O2S. The molecule has 0 aliphatic carbocycles. The Kier molecular flexibility index (Phi) is 7.71. The highest BCUT2D eigenvalue weighted by atomic mass is 32.1. The summed E-state index contributed by atoms with van der Waals surface area (Å²) in [5.74, 6) is 0.152. The van der Waals surface area contributed by atoms with Gasteiger partial charge in [-0.15, -0.1) is 11.3 Å². The first kappa shape index (κ1) is 24.5. The molecule has 34 heavy (non-hydrogen) atoms. The van der Waals surface area contributed by atoms with E-state index in [-0.39, 0.29) is 24.4 Å². The van der Waals surface area contributed by atoms with Crippen LogP contribution in [0.2, 0.25) is 0 Å². The summed E-state index contributed by atoms with van der Waals surface area (Å²) < 4.78 is 45.4. The molecule has 13 heteroatoms. The third kappa shape index (κ3) is 6.26. The molecule has 2 aliphatic heterocycles. The zero-order chi connectivity index (χ0) is 24.1. The van der Waals surface area contributed by atoms with Crippen molar-refractivity contribution >= 4 is 34.2 Å². The number of ether oxygens (including phenoxy) is 1. The Hall–Kier alpha value is -2.67. The number of thiazole rings is 1. The maximum Gasteiger partial charge on any atom is 0.421 e. The number of rotatable bonds is 8. The van der Waals surface area contributed by atoms with Crippen molar-refractivity contribution in [2.45, 2.75) is 37.8 Å². The summed E-state index contributed by atoms with van der Waals surface area (Å²) in [4.78, 5) is 28.0. The van der Waals surface area contributed by atoms with E-state index in [0.29, 0.717) is 37.0 Å². The van der Waals surface area contributed by atoms with E-state index in [1.165, 1.54) is 11.3 Å². The van der Waals surface area contributed by atoms with Crippen LogP contribution in [0, 0.1) is 0 Å². The first-order valence-electron chi connectivity index (χ1n) is 11.3. The Morgan fingerprint density at radius 1 is 1.21 bits per heavy atom. The highest BCUT2D eigenvalue weighted by molar-refractivity contribution is 7.15. The smallest absolute Gasteiger partial charge is 0.421 e. The summed E-state index contributed by atoms with van der Waals surface area (Å²) in [7, 11) is 2.10. The molecule has 0 atom stereocenters. The minimum Gasteiger partial charge on any atom is -0.449 e. The summed E-state index contributed by atoms with van der Waals surface area (Å²) in [6.45, 7) is 3.63. The van der Waals surface area contributed by atoms with Gasteiger partial charge in [-0.05, 0) is 45.8 Å². The molecule has 2 aromatic rings. The van der Waals surface area contributed by atoms with Crippen molar-refractivity contribution < 1.29 is 22.7 Å². The quantitative estimate of drug-likeness (QED) is 0.523. The van der Waals surface area contributed by atoms with Gasteiger partial charge in [0.25, 0.3) is 0 Å². The number of carbonyl (C=O) groups excluding carboxylic acids is 1. The number of hydrogen-bond donors (Lipinski definition) is 2. The molecule has 1 amide bonds. The van der Waals surface area contributed by atoms with E-state index in [2.05, 4.69) is 37.5 Å². The molecule has 0 aromatic carbocycles. The molecule has 9 nitrogen and oxygen atoms in total. The van der Waals surface area contributed by atoms with E-state index < -0.39 is 11.7 Å². The number of carbonyl (C=O) groups is 1. The lowest BCUT2D eigenvalue weighted by Gasteiger charge is -2.27. The maximum atomic E-state index is 13.5. The molecule has 4 rings (SSSR count). The fourth-order valence-electron chi connectivity index (χ4n) is 3.96. The molecule has 2 N–H and O–H groups in total. The molecule has 0 spiro atoms. The van der Waals surface area contributed by atoms with Crippen molar-refractivity contribution in [3.8, 4) is 0 Å². The second kappa shape index (κ2) is 10.7. The molecule has 186 valence electrons. The first-order valence-corrected chi connectivity index (χ1v) is 12.1. The lowest BCUT2D eigenvalue weighted by Crippen LogP contribution is -2.38. The van der Waals surface area contributed by atoms with Crippen LogP contribution in [0.5, 0.6) is 0 Å². The molecule has 2 aliphatic rings. The zero-order valence-electron chi connectivity index (χ0n) is 18.9. The topological polar surface area (TPSA) is 95.5 Å². The Morgan fingerprint density at radius 3 is 2.74 bits per heavy atom. The van der Waals surface area contributed by atoms with Gasteiger partial charge in [-0.25, -0.2) is 14.8 Å². The average molecular weight is 500 g/mol. The third-order valence-electron chi connectivity index (χ3n) is 5.87. The number of nitrogens with zero attached hydrogens (tertiary/aromatic N) is 5. The molecule has 0 radical (unpaired) electrons. The van der Waals surface area contributed by atoms with Gasteiger partial charge >= 0.3 is 12.3 Å². The van der Waals surface area contributed by atoms with E-state index in [9.17, 15) is 18.0 Å². The molecule has 0 saturated carbocycles. The standard InChI is InChI=1S/C21H28F3N7O2S/c1-30-9-4-14(5-10-30)18-26-13-16(34-18)28-19-27-12-15(21(22,23)24)17(29-19)25-6-2-7-31-8-3-11-33-20(31)32/h12-14H,2-11H2,1H3,(H2,25,27,28,29). The Balaban J connectivity index is 1.38. The largest absolute Gasteiger partial charge is 0.449 e. The van der Waals surface area contributed by atoms with Gasteiger partial charge in [0, 0.05) is 31.7 Å². The van der Waals surface area contributed by atoms with Crippen LogP contribution in [-0.4, -0.2) is 77.2 Å². The number of aromatic nitrogens is 3. The summed E-state index contributed by atoms with van der Waals surface area (Å²) in [5.41, 5.74) is -0.938. The Bertz CT molecular complexity index is 980. The first-order chi connectivity index (χ1) is 16.3. The summed E-state index contributed by atoms with van der Waals surface area (Å²) in [6.07, 6.45) is 0.724. The molecule has 0 bridgehead atoms. The number of hydrogen-bond acceptors (Lipinski definition) is 9. The van der Waals surface area contributed by atoms with Crippen LogP contribution in [0.3, 0.4) is 0 Å². The van der Waals surface area contributed by atoms with Gasteiger partial charge in [-0.2, -0.15) is 18.2 Å². The lowest BCUT2D eigenvalue weighted by atomic mass is 9.98. The van der Waals surface area contributed by atoms with E-state index in [1.54, 1.807) is 11.1 Å². The fourth-order valence-corrected chi connectivity index (χ4v) is 4.94. The van der Waals surface area contributed by atoms with Gasteiger partial charge in [0.05, 0.1) is 17.8 Å². The summed E-state index contributed by atoms with van der Waals surface area (Å²) in [5, 5.41) is 7.44. The van der Waals surface area contributed by atoms with Crippen molar-refractivity contribution in [3.05, 3.63) is 23.0 Å². The van der Waals surface area contributed by atoms with Gasteiger partial charge in [0.2, 0.25) is 5.95 Å². The van der Waals surface area contributed by atoms with Crippen LogP contribution in [0.15, 0.2) is 12.4 Å². The van der Waals surface area contributed by atoms with Crippen LogP contribution >= 0.6 is 11.3 Å². The monoisotopic (exact) mass is 499 g/mol. The minimum absolute atomic E-state index is 0.0636. The Morgan fingerprint density at radius 2 is 2.00 bits per heavy atom. The Labute approximate surface area is 199 Å². The van der Waals surface area contributed by atoms with E-state index >= 15 is 0 Å². The van der Waals surface area contributed by atoms with Crippen molar-refractivity contribution in [1.82, 2.24) is 24.8 Å². The van der Waals surface area contributed by atoms with E-state index in [0.717, 1.165) is 43.6 Å². The molecule has 2 aromatic heterocycles. The average Bonchev–Trinajstić information content (AvgIpc) is 3.26. The number of anilines is 3. The zero-order valence-corrected chi connectivity index (χ0v) is 19.7. The highest BCUT2D eigenvalue weighted by Gasteiger charge is 2.35. The van der Waals surface area contributed by atoms with Gasteiger partial charge in [0.1, 0.15) is 16.4 Å². The van der Waals surface area contributed by atoms with Crippen LogP contribution in [-0.2, 0) is 10.9 Å². The van der Waals surface area contributed by atoms with Gasteiger partial charge < -0.3 is 25.2 Å². The van der Waals surface area contributed by atoms with Crippen molar-refractivity contribution in [2.24, 2.45) is 0 Å². The van der Waals surface area contributed by atoms with E-state index in [1.807, 2.05) is 0 Å². The van der Waals surface area contributed by atoms with Crippen LogP contribution in [0.25, 0.3) is 0 Å². The second-order valence-electron chi connectivity index (χ2n) is 8.45. The normalized spacial score (nSPS) is 18.1.